The average Bonchev–Trinajstić information content (AvgIpc) is 2.22. The zero-order valence-corrected chi connectivity index (χ0v) is 11.5. The van der Waals surface area contributed by atoms with Crippen LogP contribution < -0.4 is 5.32 Å². The first-order valence-electron chi connectivity index (χ1n) is 5.88. The van der Waals surface area contributed by atoms with Crippen LogP contribution in [0.4, 0.5) is 8.78 Å². The van der Waals surface area contributed by atoms with Crippen molar-refractivity contribution in [2.24, 2.45) is 0 Å². The number of amides is 1. The number of nitrogens with zero attached hydrogens (tertiary/aromatic N) is 1. The van der Waals surface area contributed by atoms with Crippen LogP contribution in [-0.4, -0.2) is 55.6 Å². The molecule has 2 unspecified atom stereocenters. The predicted octanol–water partition coefficient (Wildman–Crippen LogP) is 1.29. The van der Waals surface area contributed by atoms with Crippen LogP contribution in [0.5, 0.6) is 0 Å². The minimum atomic E-state index is -2.47. The number of alkyl halides is 2. The minimum absolute atomic E-state index is 0. The van der Waals surface area contributed by atoms with Gasteiger partial charge in [-0.25, -0.2) is 8.78 Å². The number of carbonyl (C=O) groups is 1. The minimum Gasteiger partial charge on any atom is -0.375 e. The predicted molar refractivity (Wildman–Crippen MR) is 67.3 cm³/mol. The molecule has 4 nitrogen and oxygen atoms in total. The van der Waals surface area contributed by atoms with E-state index in [2.05, 4.69) is 5.32 Å². The Morgan fingerprint density at radius 3 is 2.44 bits per heavy atom. The second-order valence-corrected chi connectivity index (χ2v) is 4.48. The molecule has 0 aromatic heterocycles. The number of halogens is 3. The van der Waals surface area contributed by atoms with Crippen molar-refractivity contribution in [3.8, 4) is 0 Å². The fourth-order valence-electron chi connectivity index (χ4n) is 2.02. The number of hydrogen-bond donors (Lipinski definition) is 1. The van der Waals surface area contributed by atoms with Gasteiger partial charge in [0.1, 0.15) is 6.61 Å². The highest BCUT2D eigenvalue weighted by Crippen LogP contribution is 2.06. The molecule has 0 spiro atoms. The lowest BCUT2D eigenvalue weighted by Crippen LogP contribution is -2.55. The lowest BCUT2D eigenvalue weighted by molar-refractivity contribution is -0.134. The fraction of sp³-hybridized carbons (Fsp3) is 0.909. The molecule has 0 saturated carbocycles. The quantitative estimate of drug-likeness (QED) is 0.775. The van der Waals surface area contributed by atoms with Gasteiger partial charge in [0.25, 0.3) is 6.43 Å². The SMILES string of the molecule is CC1CN(C(=O)CCOCC(F)F)CC(C)N1.Cl. The molecule has 1 N–H and O–H groups in total. The number of nitrogens with one attached hydrogen (secondary N) is 1. The van der Waals surface area contributed by atoms with Crippen molar-refractivity contribution in [3.05, 3.63) is 0 Å². The van der Waals surface area contributed by atoms with Gasteiger partial charge in [-0.2, -0.15) is 0 Å². The van der Waals surface area contributed by atoms with Crippen LogP contribution in [0.2, 0.25) is 0 Å². The highest BCUT2D eigenvalue weighted by atomic mass is 35.5. The van der Waals surface area contributed by atoms with E-state index in [1.165, 1.54) is 0 Å². The van der Waals surface area contributed by atoms with Gasteiger partial charge in [0.15, 0.2) is 0 Å². The second kappa shape index (κ2) is 8.61. The average molecular weight is 287 g/mol. The molecule has 18 heavy (non-hydrogen) atoms. The van der Waals surface area contributed by atoms with E-state index < -0.39 is 13.0 Å². The Hall–Kier alpha value is -0.460. The van der Waals surface area contributed by atoms with Gasteiger partial charge in [0.2, 0.25) is 5.91 Å². The van der Waals surface area contributed by atoms with Gasteiger partial charge in [0.05, 0.1) is 13.0 Å². The zero-order valence-electron chi connectivity index (χ0n) is 10.7. The summed E-state index contributed by atoms with van der Waals surface area (Å²) in [4.78, 5) is 13.5. The van der Waals surface area contributed by atoms with Crippen molar-refractivity contribution in [2.45, 2.75) is 38.8 Å². The molecule has 1 rings (SSSR count). The summed E-state index contributed by atoms with van der Waals surface area (Å²) >= 11 is 0. The summed E-state index contributed by atoms with van der Waals surface area (Å²) in [5.41, 5.74) is 0. The third-order valence-electron chi connectivity index (χ3n) is 2.61. The number of piperazine rings is 1. The molecule has 1 heterocycles. The molecular weight excluding hydrogens is 266 g/mol. The summed E-state index contributed by atoms with van der Waals surface area (Å²) in [5.74, 6) is -0.0283. The summed E-state index contributed by atoms with van der Waals surface area (Å²) in [6.07, 6.45) is -2.30. The smallest absolute Gasteiger partial charge is 0.261 e. The van der Waals surface area contributed by atoms with Crippen LogP contribution in [-0.2, 0) is 9.53 Å². The van der Waals surface area contributed by atoms with E-state index in [9.17, 15) is 13.6 Å². The highest BCUT2D eigenvalue weighted by molar-refractivity contribution is 5.85. The molecule has 1 amide bonds. The second-order valence-electron chi connectivity index (χ2n) is 4.48. The first-order chi connectivity index (χ1) is 7.99. The van der Waals surface area contributed by atoms with Crippen LogP contribution in [0.25, 0.3) is 0 Å². The van der Waals surface area contributed by atoms with Gasteiger partial charge in [-0.3, -0.25) is 4.79 Å². The maximum absolute atomic E-state index is 11.8. The van der Waals surface area contributed by atoms with Gasteiger partial charge in [0, 0.05) is 25.2 Å². The Kier molecular flexibility index (Phi) is 8.39. The molecule has 1 aliphatic rings. The molecule has 108 valence electrons. The molecule has 1 saturated heterocycles. The van der Waals surface area contributed by atoms with Gasteiger partial charge in [-0.05, 0) is 13.8 Å². The Morgan fingerprint density at radius 1 is 1.39 bits per heavy atom. The van der Waals surface area contributed by atoms with Crippen LogP contribution in [0, 0.1) is 0 Å². The van der Waals surface area contributed by atoms with Crippen LogP contribution in [0.15, 0.2) is 0 Å². The largest absolute Gasteiger partial charge is 0.375 e. The third kappa shape index (κ3) is 6.47. The topological polar surface area (TPSA) is 41.6 Å². The van der Waals surface area contributed by atoms with E-state index in [4.69, 9.17) is 4.74 Å². The molecule has 0 bridgehead atoms. The number of hydrogen-bond acceptors (Lipinski definition) is 3. The van der Waals surface area contributed by atoms with E-state index in [0.717, 1.165) is 0 Å². The first kappa shape index (κ1) is 17.5. The van der Waals surface area contributed by atoms with E-state index in [-0.39, 0.29) is 43.4 Å². The fourth-order valence-corrected chi connectivity index (χ4v) is 2.02. The van der Waals surface area contributed by atoms with E-state index in [0.29, 0.717) is 13.1 Å². The first-order valence-corrected chi connectivity index (χ1v) is 5.88. The van der Waals surface area contributed by atoms with Gasteiger partial charge in [-0.15, -0.1) is 12.4 Å². The van der Waals surface area contributed by atoms with Crippen LogP contribution >= 0.6 is 12.4 Å². The lowest BCUT2D eigenvalue weighted by Gasteiger charge is -2.36. The summed E-state index contributed by atoms with van der Waals surface area (Å²) in [6, 6.07) is 0.536. The third-order valence-corrected chi connectivity index (χ3v) is 2.61. The standard InChI is InChI=1S/C11H20F2N2O2.ClH/c1-8-5-15(6-9(2)14-8)11(16)3-4-17-7-10(12)13;/h8-10,14H,3-7H2,1-2H3;1H. The maximum Gasteiger partial charge on any atom is 0.261 e. The van der Waals surface area contributed by atoms with Crippen molar-refractivity contribution in [1.82, 2.24) is 10.2 Å². The molecule has 0 radical (unpaired) electrons. The van der Waals surface area contributed by atoms with Crippen molar-refractivity contribution in [1.29, 1.82) is 0 Å². The molecule has 0 aliphatic carbocycles. The molecule has 1 fully saturated rings. The Bertz CT molecular complexity index is 247. The van der Waals surface area contributed by atoms with Gasteiger partial charge in [-0.1, -0.05) is 0 Å². The molecule has 1 aliphatic heterocycles. The Labute approximate surface area is 112 Å². The maximum atomic E-state index is 11.8. The van der Waals surface area contributed by atoms with Crippen molar-refractivity contribution in [3.63, 3.8) is 0 Å². The highest BCUT2D eigenvalue weighted by Gasteiger charge is 2.24. The van der Waals surface area contributed by atoms with E-state index >= 15 is 0 Å². The summed E-state index contributed by atoms with van der Waals surface area (Å²) < 4.78 is 28.3. The molecule has 0 aromatic rings. The number of ether oxygens (including phenoxy) is 1. The number of rotatable bonds is 5. The summed E-state index contributed by atoms with van der Waals surface area (Å²) in [5, 5.41) is 3.32. The van der Waals surface area contributed by atoms with Crippen molar-refractivity contribution >= 4 is 18.3 Å². The van der Waals surface area contributed by atoms with Crippen molar-refractivity contribution in [2.75, 3.05) is 26.3 Å². The van der Waals surface area contributed by atoms with Crippen LogP contribution in [0.3, 0.4) is 0 Å². The van der Waals surface area contributed by atoms with E-state index in [1.54, 1.807) is 4.90 Å². The summed E-state index contributed by atoms with van der Waals surface area (Å²) in [6.45, 7) is 4.83. The Morgan fingerprint density at radius 2 is 1.94 bits per heavy atom. The number of carbonyl (C=O) groups excluding carboxylic acids is 1. The molecule has 2 atom stereocenters. The molecule has 7 heteroatoms. The molecular formula is C11H21ClF2N2O2. The molecule has 0 aromatic carbocycles. The van der Waals surface area contributed by atoms with Crippen LogP contribution in [0.1, 0.15) is 20.3 Å². The summed E-state index contributed by atoms with van der Waals surface area (Å²) in [7, 11) is 0. The normalized spacial score (nSPS) is 23.9. The Balaban J connectivity index is 0.00000289. The lowest BCUT2D eigenvalue weighted by atomic mass is 10.1. The van der Waals surface area contributed by atoms with Gasteiger partial charge < -0.3 is 15.0 Å². The van der Waals surface area contributed by atoms with Gasteiger partial charge >= 0.3 is 0 Å². The monoisotopic (exact) mass is 286 g/mol. The zero-order chi connectivity index (χ0) is 12.8. The van der Waals surface area contributed by atoms with E-state index in [1.807, 2.05) is 13.8 Å². The van der Waals surface area contributed by atoms with Crippen molar-refractivity contribution < 1.29 is 18.3 Å².